The predicted molar refractivity (Wildman–Crippen MR) is 183 cm³/mol. The number of aliphatic imine (C=N–C) groups is 1. The third kappa shape index (κ3) is 7.15. The Balaban J connectivity index is 1.70. The van der Waals surface area contributed by atoms with Crippen molar-refractivity contribution in [3.63, 3.8) is 0 Å². The van der Waals surface area contributed by atoms with Crippen molar-refractivity contribution >= 4 is 55.1 Å². The van der Waals surface area contributed by atoms with Crippen LogP contribution in [0.5, 0.6) is 5.75 Å². The van der Waals surface area contributed by atoms with Crippen LogP contribution in [0.15, 0.2) is 76.6 Å². The number of rotatable bonds is 9. The molecule has 1 saturated heterocycles. The molecule has 2 atom stereocenters. The summed E-state index contributed by atoms with van der Waals surface area (Å²) in [4.78, 5) is 23.1. The lowest BCUT2D eigenvalue weighted by Crippen LogP contribution is -2.55. The van der Waals surface area contributed by atoms with Crippen LogP contribution >= 0.6 is 23.2 Å². The van der Waals surface area contributed by atoms with Gasteiger partial charge >= 0.3 is 6.03 Å². The summed E-state index contributed by atoms with van der Waals surface area (Å²) in [6, 6.07) is 17.1. The second-order valence-corrected chi connectivity index (χ2v) is 16.5. The molecule has 2 aliphatic rings. The number of nitrogens with zero attached hydrogens (tertiary/aromatic N) is 5. The lowest BCUT2D eigenvalue weighted by Gasteiger charge is -2.38. The van der Waals surface area contributed by atoms with E-state index in [4.69, 9.17) is 32.9 Å². The highest BCUT2D eigenvalue weighted by molar-refractivity contribution is 7.89. The van der Waals surface area contributed by atoms with Crippen molar-refractivity contribution < 1.29 is 26.4 Å². The molecule has 0 saturated carbocycles. The number of sulfonamides is 2. The summed E-state index contributed by atoms with van der Waals surface area (Å²) in [6.07, 6.45) is 0. The largest absolute Gasteiger partial charge is 0.493 e. The van der Waals surface area contributed by atoms with Crippen molar-refractivity contribution in [1.82, 2.24) is 18.4 Å². The van der Waals surface area contributed by atoms with Gasteiger partial charge in [0.25, 0.3) is 0 Å². The maximum Gasteiger partial charge on any atom is 0.326 e. The summed E-state index contributed by atoms with van der Waals surface area (Å²) in [5.74, 6) is 0.544. The van der Waals surface area contributed by atoms with E-state index in [9.17, 15) is 21.6 Å². The highest BCUT2D eigenvalue weighted by Crippen LogP contribution is 2.46. The number of benzene rings is 3. The number of piperazine rings is 1. The van der Waals surface area contributed by atoms with Crippen molar-refractivity contribution in [2.24, 2.45) is 4.99 Å². The zero-order valence-corrected chi connectivity index (χ0v) is 29.7. The molecule has 47 heavy (non-hydrogen) atoms. The predicted octanol–water partition coefficient (Wildman–Crippen LogP) is 5.27. The second-order valence-electron chi connectivity index (χ2n) is 11.3. The maximum atomic E-state index is 14.7. The fraction of sp³-hybridized carbons (Fsp3) is 0.375. The monoisotopic (exact) mass is 721 g/mol. The lowest BCUT2D eigenvalue weighted by atomic mass is 9.93. The first-order valence-corrected chi connectivity index (χ1v) is 18.9. The van der Waals surface area contributed by atoms with E-state index in [-0.39, 0.29) is 49.3 Å². The molecule has 5 rings (SSSR count). The molecule has 0 aliphatic carbocycles. The van der Waals surface area contributed by atoms with Gasteiger partial charge in [0.15, 0.2) is 0 Å². The topological polar surface area (TPSA) is 120 Å². The zero-order valence-electron chi connectivity index (χ0n) is 26.5. The maximum absolute atomic E-state index is 14.7. The van der Waals surface area contributed by atoms with Gasteiger partial charge in [-0.15, -0.1) is 0 Å². The minimum atomic E-state index is -3.87. The number of carbonyl (C=O) groups excluding carboxylic acids is 1. The van der Waals surface area contributed by atoms with Crippen molar-refractivity contribution in [1.29, 1.82) is 0 Å². The number of hydrogen-bond acceptors (Lipinski definition) is 7. The van der Waals surface area contributed by atoms with E-state index in [0.717, 1.165) is 15.4 Å². The standard InChI is InChI=1S/C32H37Cl2N5O6S2/c1-5-45-28-16-15-26(47(43,44)36(3)4)21-27(28)31-35-29(22-7-11-24(33)12-8-22)30(23-9-13-25(34)14-10-23)39(31)32(40)37-17-19-38(20-18-37)46(41,42)6-2/h7-16,21,29-30H,5-6,17-20H2,1-4H3. The molecule has 0 radical (unpaired) electrons. The van der Waals surface area contributed by atoms with Crippen LogP contribution < -0.4 is 4.74 Å². The molecule has 11 nitrogen and oxygen atoms in total. The van der Waals surface area contributed by atoms with Gasteiger partial charge in [-0.05, 0) is 67.4 Å². The van der Waals surface area contributed by atoms with Gasteiger partial charge in [0.05, 0.1) is 28.9 Å². The van der Waals surface area contributed by atoms with Crippen molar-refractivity contribution in [3.8, 4) is 5.75 Å². The third-order valence-corrected chi connectivity index (χ3v) is 12.4. The number of amidine groups is 1. The molecule has 2 heterocycles. The highest BCUT2D eigenvalue weighted by atomic mass is 35.5. The first-order chi connectivity index (χ1) is 22.3. The van der Waals surface area contributed by atoms with E-state index >= 15 is 0 Å². The molecule has 15 heteroatoms. The van der Waals surface area contributed by atoms with Crippen LogP contribution in [0, 0.1) is 0 Å². The summed E-state index contributed by atoms with van der Waals surface area (Å²) in [5.41, 5.74) is 1.84. The molecule has 252 valence electrons. The summed E-state index contributed by atoms with van der Waals surface area (Å²) in [7, 11) is -4.41. The fourth-order valence-electron chi connectivity index (χ4n) is 5.68. The fourth-order valence-corrected chi connectivity index (χ4v) is 7.95. The van der Waals surface area contributed by atoms with Gasteiger partial charge < -0.3 is 9.64 Å². The lowest BCUT2D eigenvalue weighted by molar-refractivity contribution is 0.143. The molecular formula is C32H37Cl2N5O6S2. The van der Waals surface area contributed by atoms with Gasteiger partial charge in [0, 0.05) is 50.3 Å². The van der Waals surface area contributed by atoms with E-state index in [1.165, 1.54) is 30.5 Å². The Kier molecular flexibility index (Phi) is 10.5. The Hall–Kier alpha value is -3.20. The summed E-state index contributed by atoms with van der Waals surface area (Å²) in [6.45, 7) is 4.30. The number of hydrogen-bond donors (Lipinski definition) is 0. The zero-order chi connectivity index (χ0) is 34.1. The number of carbonyl (C=O) groups is 1. The normalized spacial score (nSPS) is 19.3. The molecule has 2 amide bonds. The van der Waals surface area contributed by atoms with Crippen LogP contribution in [0.4, 0.5) is 4.79 Å². The van der Waals surface area contributed by atoms with E-state index in [1.807, 2.05) is 31.2 Å². The van der Waals surface area contributed by atoms with Crippen LogP contribution in [0.1, 0.15) is 42.6 Å². The SMILES string of the molecule is CCOc1ccc(S(=O)(=O)N(C)C)cc1C1=NC(c2ccc(Cl)cc2)C(c2ccc(Cl)cc2)N1C(=O)N1CCN(S(=O)(=O)CC)CC1. The second kappa shape index (κ2) is 14.1. The van der Waals surface area contributed by atoms with E-state index in [1.54, 1.807) is 47.1 Å². The van der Waals surface area contributed by atoms with Gasteiger partial charge in [-0.2, -0.15) is 4.31 Å². The molecular weight excluding hydrogens is 685 g/mol. The van der Waals surface area contributed by atoms with Crippen molar-refractivity contribution in [3.05, 3.63) is 93.5 Å². The van der Waals surface area contributed by atoms with Crippen LogP contribution in [-0.2, 0) is 20.0 Å². The number of ether oxygens (including phenoxy) is 1. The summed E-state index contributed by atoms with van der Waals surface area (Å²) < 4.78 is 60.2. The molecule has 1 fully saturated rings. The first-order valence-electron chi connectivity index (χ1n) is 15.1. The molecule has 3 aromatic carbocycles. The minimum absolute atomic E-state index is 0.00687. The number of halogens is 2. The molecule has 2 aliphatic heterocycles. The average Bonchev–Trinajstić information content (AvgIpc) is 3.45. The summed E-state index contributed by atoms with van der Waals surface area (Å²) in [5, 5.41) is 1.05. The Morgan fingerprint density at radius 3 is 1.98 bits per heavy atom. The van der Waals surface area contributed by atoms with Crippen LogP contribution in [-0.4, -0.2) is 99.7 Å². The Bertz CT molecular complexity index is 1860. The smallest absolute Gasteiger partial charge is 0.326 e. The molecule has 2 unspecified atom stereocenters. The van der Waals surface area contributed by atoms with E-state index < -0.39 is 38.2 Å². The molecule has 0 aromatic heterocycles. The molecule has 3 aromatic rings. The Labute approximate surface area is 286 Å². The highest BCUT2D eigenvalue weighted by Gasteiger charge is 2.45. The van der Waals surface area contributed by atoms with E-state index in [2.05, 4.69) is 0 Å². The Morgan fingerprint density at radius 1 is 0.872 bits per heavy atom. The molecule has 0 N–H and O–H groups in total. The van der Waals surface area contributed by atoms with E-state index in [0.29, 0.717) is 21.4 Å². The third-order valence-electron chi connectivity index (χ3n) is 8.23. The van der Waals surface area contributed by atoms with Crippen LogP contribution in [0.25, 0.3) is 0 Å². The Morgan fingerprint density at radius 2 is 1.45 bits per heavy atom. The van der Waals surface area contributed by atoms with Crippen LogP contribution in [0.3, 0.4) is 0 Å². The number of urea groups is 1. The summed E-state index contributed by atoms with van der Waals surface area (Å²) >= 11 is 12.5. The molecule has 0 spiro atoms. The van der Waals surface area contributed by atoms with Gasteiger partial charge in [-0.3, -0.25) is 9.89 Å². The van der Waals surface area contributed by atoms with Crippen molar-refractivity contribution in [2.45, 2.75) is 30.8 Å². The quantitative estimate of drug-likeness (QED) is 0.297. The number of amides is 2. The van der Waals surface area contributed by atoms with Gasteiger partial charge in [0.1, 0.15) is 17.6 Å². The van der Waals surface area contributed by atoms with Crippen molar-refractivity contribution in [2.75, 3.05) is 52.6 Å². The van der Waals surface area contributed by atoms with Crippen LogP contribution in [0.2, 0.25) is 10.0 Å². The average molecular weight is 723 g/mol. The van der Waals surface area contributed by atoms with Gasteiger partial charge in [-0.1, -0.05) is 47.5 Å². The molecule has 0 bridgehead atoms. The van der Waals surface area contributed by atoms with Gasteiger partial charge in [0.2, 0.25) is 20.0 Å². The van der Waals surface area contributed by atoms with Gasteiger partial charge in [-0.25, -0.2) is 25.9 Å². The first kappa shape index (κ1) is 35.1. The minimum Gasteiger partial charge on any atom is -0.493 e.